The predicted molar refractivity (Wildman–Crippen MR) is 98.7 cm³/mol. The third kappa shape index (κ3) is 3.97. The average Bonchev–Trinajstić information content (AvgIpc) is 3.04. The van der Waals surface area contributed by atoms with Crippen LogP contribution in [0.5, 0.6) is 0 Å². The normalized spacial score (nSPS) is 10.3. The van der Waals surface area contributed by atoms with Gasteiger partial charge in [-0.2, -0.15) is 0 Å². The van der Waals surface area contributed by atoms with Gasteiger partial charge < -0.3 is 10.6 Å². The van der Waals surface area contributed by atoms with E-state index in [0.29, 0.717) is 5.56 Å². The van der Waals surface area contributed by atoms with E-state index >= 15 is 0 Å². The van der Waals surface area contributed by atoms with Gasteiger partial charge in [-0.25, -0.2) is 4.98 Å². The highest BCUT2D eigenvalue weighted by Crippen LogP contribution is 2.22. The molecule has 1 aromatic heterocycles. The summed E-state index contributed by atoms with van der Waals surface area (Å²) in [6, 6.07) is 13.1. The zero-order valence-corrected chi connectivity index (χ0v) is 14.7. The summed E-state index contributed by atoms with van der Waals surface area (Å²) in [5.41, 5.74) is 3.27. The van der Waals surface area contributed by atoms with Crippen LogP contribution in [0.2, 0.25) is 0 Å². The molecule has 0 unspecified atom stereocenters. The van der Waals surface area contributed by atoms with E-state index in [1.807, 2.05) is 48.7 Å². The van der Waals surface area contributed by atoms with Crippen molar-refractivity contribution in [3.63, 3.8) is 0 Å². The van der Waals surface area contributed by atoms with Gasteiger partial charge in [-0.05, 0) is 48.9 Å². The molecule has 1 amide bonds. The second-order valence-corrected chi connectivity index (χ2v) is 6.71. The molecule has 6 heteroatoms. The summed E-state index contributed by atoms with van der Waals surface area (Å²) in [6.45, 7) is 1.98. The van der Waals surface area contributed by atoms with Crippen LogP contribution in [0.3, 0.4) is 0 Å². The first kappa shape index (κ1) is 15.7. The molecule has 1 heterocycles. The van der Waals surface area contributed by atoms with Crippen LogP contribution in [-0.2, 0) is 0 Å². The number of nitrogens with one attached hydrogen (secondary N) is 2. The number of amides is 1. The third-order valence-electron chi connectivity index (χ3n) is 3.22. The first-order valence-corrected chi connectivity index (χ1v) is 8.63. The Balaban J connectivity index is 1.75. The van der Waals surface area contributed by atoms with Crippen LogP contribution in [0.15, 0.2) is 58.5 Å². The maximum Gasteiger partial charge on any atom is 0.255 e. The van der Waals surface area contributed by atoms with Crippen molar-refractivity contribution in [2.24, 2.45) is 0 Å². The van der Waals surface area contributed by atoms with Gasteiger partial charge in [-0.3, -0.25) is 4.79 Å². The van der Waals surface area contributed by atoms with Gasteiger partial charge in [-0.1, -0.05) is 22.0 Å². The number of aromatic nitrogens is 1. The first-order chi connectivity index (χ1) is 11.1. The number of aryl methyl sites for hydroxylation is 1. The van der Waals surface area contributed by atoms with Crippen LogP contribution in [0.4, 0.5) is 16.5 Å². The topological polar surface area (TPSA) is 54.0 Å². The Labute approximate surface area is 146 Å². The lowest BCUT2D eigenvalue weighted by atomic mass is 10.1. The quantitative estimate of drug-likeness (QED) is 0.645. The maximum atomic E-state index is 12.4. The Hall–Kier alpha value is -2.18. The molecule has 0 spiro atoms. The number of carbonyl (C=O) groups is 1. The van der Waals surface area contributed by atoms with E-state index in [0.717, 1.165) is 26.5 Å². The smallest absolute Gasteiger partial charge is 0.255 e. The van der Waals surface area contributed by atoms with Crippen molar-refractivity contribution >= 4 is 49.7 Å². The largest absolute Gasteiger partial charge is 0.332 e. The van der Waals surface area contributed by atoms with Gasteiger partial charge in [0.05, 0.1) is 0 Å². The van der Waals surface area contributed by atoms with Crippen LogP contribution >= 0.6 is 27.3 Å². The number of carbonyl (C=O) groups excluding carboxylic acids is 1. The molecule has 0 saturated carbocycles. The van der Waals surface area contributed by atoms with Crippen molar-refractivity contribution in [3.05, 3.63) is 69.6 Å². The van der Waals surface area contributed by atoms with E-state index < -0.39 is 0 Å². The fourth-order valence-corrected chi connectivity index (χ4v) is 2.87. The van der Waals surface area contributed by atoms with E-state index in [1.54, 1.807) is 12.3 Å². The number of halogens is 1. The lowest BCUT2D eigenvalue weighted by molar-refractivity contribution is 0.102. The van der Waals surface area contributed by atoms with Crippen LogP contribution < -0.4 is 10.6 Å². The number of hydrogen-bond donors (Lipinski definition) is 2. The summed E-state index contributed by atoms with van der Waals surface area (Å²) in [4.78, 5) is 16.6. The van der Waals surface area contributed by atoms with Gasteiger partial charge in [0.25, 0.3) is 5.91 Å². The lowest BCUT2D eigenvalue weighted by Gasteiger charge is -2.09. The molecule has 0 atom stereocenters. The zero-order valence-electron chi connectivity index (χ0n) is 12.3. The monoisotopic (exact) mass is 387 g/mol. The second-order valence-electron chi connectivity index (χ2n) is 4.96. The molecule has 2 aromatic carbocycles. The number of thiazole rings is 1. The Kier molecular flexibility index (Phi) is 4.73. The van der Waals surface area contributed by atoms with Crippen molar-refractivity contribution in [1.29, 1.82) is 0 Å². The fourth-order valence-electron chi connectivity index (χ4n) is 2.07. The molecule has 0 saturated heterocycles. The molecular weight excluding hydrogens is 374 g/mol. The third-order valence-corrected chi connectivity index (χ3v) is 4.80. The first-order valence-electron chi connectivity index (χ1n) is 6.96. The van der Waals surface area contributed by atoms with Crippen molar-refractivity contribution in [1.82, 2.24) is 4.98 Å². The number of rotatable bonds is 4. The van der Waals surface area contributed by atoms with Crippen LogP contribution in [-0.4, -0.2) is 10.9 Å². The van der Waals surface area contributed by atoms with E-state index in [2.05, 4.69) is 31.5 Å². The van der Waals surface area contributed by atoms with Crippen molar-refractivity contribution in [3.8, 4) is 0 Å². The van der Waals surface area contributed by atoms with Crippen LogP contribution in [0, 0.1) is 6.92 Å². The molecule has 116 valence electrons. The van der Waals surface area contributed by atoms with Crippen molar-refractivity contribution in [2.75, 3.05) is 10.6 Å². The highest BCUT2D eigenvalue weighted by molar-refractivity contribution is 9.10. The molecule has 0 radical (unpaired) electrons. The average molecular weight is 388 g/mol. The fraction of sp³-hybridized carbons (Fsp3) is 0.0588. The van der Waals surface area contributed by atoms with Crippen molar-refractivity contribution in [2.45, 2.75) is 6.92 Å². The summed E-state index contributed by atoms with van der Waals surface area (Å²) in [5.74, 6) is -0.144. The van der Waals surface area contributed by atoms with Crippen molar-refractivity contribution < 1.29 is 4.79 Å². The summed E-state index contributed by atoms with van der Waals surface area (Å²) in [7, 11) is 0. The number of anilines is 3. The summed E-state index contributed by atoms with van der Waals surface area (Å²) < 4.78 is 1.02. The Bertz CT molecular complexity index is 834. The highest BCUT2D eigenvalue weighted by atomic mass is 79.9. The molecule has 2 N–H and O–H groups in total. The molecule has 4 nitrogen and oxygen atoms in total. The molecule has 0 fully saturated rings. The lowest BCUT2D eigenvalue weighted by Crippen LogP contribution is -2.12. The van der Waals surface area contributed by atoms with Gasteiger partial charge in [-0.15, -0.1) is 11.3 Å². The molecule has 23 heavy (non-hydrogen) atoms. The highest BCUT2D eigenvalue weighted by Gasteiger charge is 2.08. The van der Waals surface area contributed by atoms with Gasteiger partial charge in [0, 0.05) is 33.0 Å². The number of hydrogen-bond acceptors (Lipinski definition) is 4. The number of benzene rings is 2. The van der Waals surface area contributed by atoms with Crippen LogP contribution in [0.25, 0.3) is 0 Å². The Morgan fingerprint density at radius 3 is 2.78 bits per heavy atom. The minimum Gasteiger partial charge on any atom is -0.332 e. The molecule has 3 rings (SSSR count). The molecule has 0 aliphatic heterocycles. The number of nitrogens with zero attached hydrogens (tertiary/aromatic N) is 1. The standard InChI is InChI=1S/C17H14BrN3OS/c1-11-9-14(5-6-15(11)18)20-16(22)12-3-2-4-13(10-12)21-17-19-7-8-23-17/h2-10H,1H3,(H,19,21)(H,20,22). The summed E-state index contributed by atoms with van der Waals surface area (Å²) in [6.07, 6.45) is 1.74. The van der Waals surface area contributed by atoms with E-state index in [4.69, 9.17) is 0 Å². The maximum absolute atomic E-state index is 12.4. The molecule has 0 aliphatic rings. The predicted octanol–water partition coefficient (Wildman–Crippen LogP) is 5.21. The van der Waals surface area contributed by atoms with Gasteiger partial charge in [0.15, 0.2) is 5.13 Å². The van der Waals surface area contributed by atoms with E-state index in [1.165, 1.54) is 11.3 Å². The Morgan fingerprint density at radius 2 is 2.04 bits per heavy atom. The zero-order chi connectivity index (χ0) is 16.2. The molecule has 0 aliphatic carbocycles. The second kappa shape index (κ2) is 6.93. The molecule has 0 bridgehead atoms. The van der Waals surface area contributed by atoms with Gasteiger partial charge in [0.1, 0.15) is 0 Å². The van der Waals surface area contributed by atoms with E-state index in [9.17, 15) is 4.79 Å². The minimum atomic E-state index is -0.144. The van der Waals surface area contributed by atoms with Gasteiger partial charge in [0.2, 0.25) is 0 Å². The Morgan fingerprint density at radius 1 is 1.17 bits per heavy atom. The molecule has 3 aromatic rings. The SMILES string of the molecule is Cc1cc(NC(=O)c2cccc(Nc3nccs3)c2)ccc1Br. The van der Waals surface area contributed by atoms with E-state index in [-0.39, 0.29) is 5.91 Å². The summed E-state index contributed by atoms with van der Waals surface area (Å²) in [5, 5.41) is 8.79. The van der Waals surface area contributed by atoms with Crippen LogP contribution in [0.1, 0.15) is 15.9 Å². The molecular formula is C17H14BrN3OS. The summed E-state index contributed by atoms with van der Waals surface area (Å²) >= 11 is 4.96. The minimum absolute atomic E-state index is 0.144. The van der Waals surface area contributed by atoms with Gasteiger partial charge >= 0.3 is 0 Å².